The van der Waals surface area contributed by atoms with Crippen LogP contribution in [-0.2, 0) is 9.84 Å². The van der Waals surface area contributed by atoms with Gasteiger partial charge in [-0.1, -0.05) is 6.92 Å². The third-order valence-electron chi connectivity index (χ3n) is 2.77. The minimum atomic E-state index is -5.43. The van der Waals surface area contributed by atoms with E-state index in [1.807, 2.05) is 0 Å². The summed E-state index contributed by atoms with van der Waals surface area (Å²) >= 11 is 0. The van der Waals surface area contributed by atoms with Crippen LogP contribution in [0, 0.1) is 5.92 Å². The molecule has 0 bridgehead atoms. The van der Waals surface area contributed by atoms with E-state index in [0.717, 1.165) is 18.2 Å². The van der Waals surface area contributed by atoms with Gasteiger partial charge in [0.2, 0.25) is 0 Å². The van der Waals surface area contributed by atoms with Gasteiger partial charge >= 0.3 is 5.51 Å². The monoisotopic (exact) mass is 294 g/mol. The lowest BCUT2D eigenvalue weighted by atomic mass is 9.97. The first-order chi connectivity index (χ1) is 8.64. The molecule has 0 fully saturated rings. The lowest BCUT2D eigenvalue weighted by Gasteiger charge is -2.21. The van der Waals surface area contributed by atoms with Gasteiger partial charge in [-0.25, -0.2) is 8.42 Å². The Balaban J connectivity index is 2.52. The molecule has 0 saturated carbocycles. The van der Waals surface area contributed by atoms with Crippen molar-refractivity contribution >= 4 is 15.6 Å². The van der Waals surface area contributed by atoms with E-state index in [1.54, 1.807) is 6.92 Å². The molecule has 1 atom stereocenters. The molecule has 2 rings (SSSR count). The summed E-state index contributed by atoms with van der Waals surface area (Å²) in [4.78, 5) is 10.8. The van der Waals surface area contributed by atoms with Crippen LogP contribution in [0.2, 0.25) is 0 Å². The second-order valence-corrected chi connectivity index (χ2v) is 6.12. The van der Waals surface area contributed by atoms with E-state index in [9.17, 15) is 26.4 Å². The predicted molar refractivity (Wildman–Crippen MR) is 58.7 cm³/mol. The molecule has 1 unspecified atom stereocenters. The maximum atomic E-state index is 12.4. The number of sulfone groups is 1. The van der Waals surface area contributed by atoms with Gasteiger partial charge in [0, 0.05) is 0 Å². The lowest BCUT2D eigenvalue weighted by Crippen LogP contribution is -2.27. The topological polar surface area (TPSA) is 60.4 Å². The highest BCUT2D eigenvalue weighted by molar-refractivity contribution is 7.92. The summed E-state index contributed by atoms with van der Waals surface area (Å²) in [6, 6.07) is 2.55. The van der Waals surface area contributed by atoms with Gasteiger partial charge < -0.3 is 4.74 Å². The van der Waals surface area contributed by atoms with Crippen LogP contribution in [0.25, 0.3) is 0 Å². The predicted octanol–water partition coefficient (Wildman–Crippen LogP) is 2.19. The molecule has 0 aliphatic carbocycles. The first-order valence-electron chi connectivity index (χ1n) is 5.27. The number of halogens is 3. The number of carbonyl (C=O) groups excluding carboxylic acids is 1. The van der Waals surface area contributed by atoms with Crippen LogP contribution in [0.1, 0.15) is 17.3 Å². The Hall–Kier alpha value is -1.57. The number of hydrogen-bond acceptors (Lipinski definition) is 4. The summed E-state index contributed by atoms with van der Waals surface area (Å²) in [5.41, 5.74) is -5.28. The highest BCUT2D eigenvalue weighted by atomic mass is 32.2. The van der Waals surface area contributed by atoms with E-state index in [4.69, 9.17) is 4.74 Å². The number of ketones is 1. The number of Topliss-reactive ketones (excluding diaryl/α,β-unsaturated/α-hetero) is 1. The van der Waals surface area contributed by atoms with Gasteiger partial charge in [0.25, 0.3) is 9.84 Å². The second-order valence-electron chi connectivity index (χ2n) is 4.18. The normalized spacial score (nSPS) is 19.8. The summed E-state index contributed by atoms with van der Waals surface area (Å²) < 4.78 is 64.7. The smallest absolute Gasteiger partial charge is 0.492 e. The number of ether oxygens (including phenoxy) is 1. The Labute approximate surface area is 107 Å². The van der Waals surface area contributed by atoms with Gasteiger partial charge in [0.05, 0.1) is 23.0 Å². The highest BCUT2D eigenvalue weighted by Gasteiger charge is 2.47. The third kappa shape index (κ3) is 2.20. The lowest BCUT2D eigenvalue weighted by molar-refractivity contribution is -0.0436. The molecule has 0 spiro atoms. The summed E-state index contributed by atoms with van der Waals surface area (Å²) in [7, 11) is -5.43. The van der Waals surface area contributed by atoms with Crippen LogP contribution < -0.4 is 4.74 Å². The Morgan fingerprint density at radius 1 is 1.32 bits per heavy atom. The van der Waals surface area contributed by atoms with Crippen LogP contribution in [0.3, 0.4) is 0 Å². The Bertz CT molecular complexity index is 634. The zero-order chi connectivity index (χ0) is 14.4. The number of fused-ring (bicyclic) bond motifs is 1. The molecule has 1 aromatic carbocycles. The van der Waals surface area contributed by atoms with Crippen molar-refractivity contribution in [2.75, 3.05) is 6.61 Å². The van der Waals surface area contributed by atoms with Gasteiger partial charge in [-0.05, 0) is 18.2 Å². The van der Waals surface area contributed by atoms with Crippen LogP contribution in [-0.4, -0.2) is 26.3 Å². The van der Waals surface area contributed by atoms with E-state index < -0.39 is 26.2 Å². The van der Waals surface area contributed by atoms with Crippen molar-refractivity contribution < 1.29 is 31.1 Å². The van der Waals surface area contributed by atoms with E-state index in [1.165, 1.54) is 0 Å². The zero-order valence-corrected chi connectivity index (χ0v) is 10.5. The molecule has 0 amide bonds. The van der Waals surface area contributed by atoms with Crippen molar-refractivity contribution in [3.8, 4) is 5.75 Å². The fraction of sp³-hybridized carbons (Fsp3) is 0.364. The molecule has 19 heavy (non-hydrogen) atoms. The van der Waals surface area contributed by atoms with Crippen LogP contribution in [0.5, 0.6) is 5.75 Å². The largest absolute Gasteiger partial charge is 0.501 e. The van der Waals surface area contributed by atoms with Crippen molar-refractivity contribution in [3.05, 3.63) is 23.8 Å². The Kier molecular flexibility index (Phi) is 3.08. The van der Waals surface area contributed by atoms with Crippen LogP contribution in [0.4, 0.5) is 13.2 Å². The summed E-state index contributed by atoms with van der Waals surface area (Å²) in [6.07, 6.45) is 0. The number of benzene rings is 1. The Morgan fingerprint density at radius 3 is 2.53 bits per heavy atom. The molecule has 1 aromatic rings. The van der Waals surface area contributed by atoms with Gasteiger partial charge in [-0.15, -0.1) is 0 Å². The molecule has 1 heterocycles. The molecular weight excluding hydrogens is 285 g/mol. The summed E-state index contributed by atoms with van der Waals surface area (Å²) in [5, 5.41) is 0. The van der Waals surface area contributed by atoms with E-state index in [2.05, 4.69) is 0 Å². The summed E-state index contributed by atoms with van der Waals surface area (Å²) in [5.74, 6) is -0.816. The van der Waals surface area contributed by atoms with Gasteiger partial charge in [-0.3, -0.25) is 4.79 Å². The number of rotatable bonds is 1. The molecule has 0 aromatic heterocycles. The number of hydrogen-bond donors (Lipinski definition) is 0. The average molecular weight is 294 g/mol. The van der Waals surface area contributed by atoms with E-state index >= 15 is 0 Å². The minimum absolute atomic E-state index is 0.0152. The zero-order valence-electron chi connectivity index (χ0n) is 9.69. The molecule has 104 valence electrons. The molecule has 0 saturated heterocycles. The van der Waals surface area contributed by atoms with Crippen LogP contribution in [0.15, 0.2) is 23.1 Å². The van der Waals surface area contributed by atoms with Crippen LogP contribution >= 0.6 is 0 Å². The molecule has 1 aliphatic rings. The van der Waals surface area contributed by atoms with Gasteiger partial charge in [0.1, 0.15) is 5.75 Å². The van der Waals surface area contributed by atoms with Crippen molar-refractivity contribution in [3.63, 3.8) is 0 Å². The van der Waals surface area contributed by atoms with Gasteiger partial charge in [-0.2, -0.15) is 13.2 Å². The molecule has 1 aliphatic heterocycles. The molecule has 8 heteroatoms. The minimum Gasteiger partial charge on any atom is -0.492 e. The van der Waals surface area contributed by atoms with Crippen molar-refractivity contribution in [2.45, 2.75) is 17.3 Å². The molecular formula is C11H9F3O4S. The molecule has 4 nitrogen and oxygen atoms in total. The first kappa shape index (κ1) is 13.9. The summed E-state index contributed by atoms with van der Waals surface area (Å²) in [6.45, 7) is 1.63. The van der Waals surface area contributed by atoms with Crippen molar-refractivity contribution in [1.29, 1.82) is 0 Å². The standard InChI is InChI=1S/C11H9F3O4S/c1-6-5-18-9-4-7(2-3-8(9)10(6)15)19(16,17)11(12,13)14/h2-4,6H,5H2,1H3. The fourth-order valence-electron chi connectivity index (χ4n) is 1.68. The average Bonchev–Trinajstić information content (AvgIpc) is 2.32. The van der Waals surface area contributed by atoms with Crippen molar-refractivity contribution in [1.82, 2.24) is 0 Å². The Morgan fingerprint density at radius 2 is 1.95 bits per heavy atom. The van der Waals surface area contributed by atoms with Gasteiger partial charge in [0.15, 0.2) is 5.78 Å². The van der Waals surface area contributed by atoms with E-state index in [0.29, 0.717) is 0 Å². The molecule has 0 radical (unpaired) electrons. The maximum absolute atomic E-state index is 12.4. The van der Waals surface area contributed by atoms with Crippen molar-refractivity contribution in [2.24, 2.45) is 5.92 Å². The molecule has 0 N–H and O–H groups in total. The highest BCUT2D eigenvalue weighted by Crippen LogP contribution is 2.35. The number of alkyl halides is 3. The fourth-order valence-corrected chi connectivity index (χ4v) is 2.46. The first-order valence-corrected chi connectivity index (χ1v) is 6.75. The SMILES string of the molecule is CC1COc2cc(S(=O)(=O)C(F)(F)F)ccc2C1=O. The second kappa shape index (κ2) is 4.22. The quantitative estimate of drug-likeness (QED) is 0.796. The maximum Gasteiger partial charge on any atom is 0.501 e. The van der Waals surface area contributed by atoms with E-state index in [-0.39, 0.29) is 23.7 Å². The third-order valence-corrected chi connectivity index (χ3v) is 4.25. The number of carbonyl (C=O) groups is 1.